The van der Waals surface area contributed by atoms with E-state index in [0.717, 1.165) is 34.8 Å². The third-order valence-corrected chi connectivity index (χ3v) is 4.38. The second-order valence-electron chi connectivity index (χ2n) is 6.86. The summed E-state index contributed by atoms with van der Waals surface area (Å²) in [7, 11) is 3.22. The Hall–Kier alpha value is -2.50. The summed E-state index contributed by atoms with van der Waals surface area (Å²) in [5.74, 6) is 1.90. The van der Waals surface area contributed by atoms with Gasteiger partial charge in [0, 0.05) is 36.0 Å². The van der Waals surface area contributed by atoms with Gasteiger partial charge in [-0.3, -0.25) is 9.48 Å². The minimum Gasteiger partial charge on any atom is -0.497 e. The van der Waals surface area contributed by atoms with E-state index >= 15 is 0 Å². The molecule has 0 aliphatic carbocycles. The van der Waals surface area contributed by atoms with Crippen molar-refractivity contribution >= 4 is 5.91 Å². The lowest BCUT2D eigenvalue weighted by Crippen LogP contribution is -2.25. The Kier molecular flexibility index (Phi) is 6.66. The van der Waals surface area contributed by atoms with Crippen LogP contribution in [0.25, 0.3) is 0 Å². The number of methoxy groups -OCH3 is 2. The van der Waals surface area contributed by atoms with Crippen LogP contribution in [0.3, 0.4) is 0 Å². The Morgan fingerprint density at radius 3 is 2.58 bits per heavy atom. The lowest BCUT2D eigenvalue weighted by Gasteiger charge is -2.12. The van der Waals surface area contributed by atoms with Crippen molar-refractivity contribution in [2.45, 2.75) is 47.2 Å². The number of aryl methyl sites for hydroxylation is 1. The number of carbonyl (C=O) groups is 1. The van der Waals surface area contributed by atoms with Gasteiger partial charge in [0.05, 0.1) is 26.3 Å². The summed E-state index contributed by atoms with van der Waals surface area (Å²) in [5, 5.41) is 7.54. The van der Waals surface area contributed by atoms with E-state index < -0.39 is 0 Å². The van der Waals surface area contributed by atoms with E-state index in [9.17, 15) is 4.79 Å². The number of aromatic nitrogens is 2. The van der Waals surface area contributed by atoms with Gasteiger partial charge in [-0.15, -0.1) is 0 Å². The summed E-state index contributed by atoms with van der Waals surface area (Å²) in [6.07, 6.45) is 0.328. The summed E-state index contributed by atoms with van der Waals surface area (Å²) < 4.78 is 12.6. The Bertz CT molecular complexity index is 766. The van der Waals surface area contributed by atoms with E-state index in [1.165, 1.54) is 0 Å². The minimum atomic E-state index is -0.0295. The summed E-state index contributed by atoms with van der Waals surface area (Å²) in [4.78, 5) is 12.4. The molecule has 0 fully saturated rings. The number of nitrogens with one attached hydrogen (secondary N) is 1. The van der Waals surface area contributed by atoms with Gasteiger partial charge in [0.1, 0.15) is 11.5 Å². The molecule has 1 N–H and O–H groups in total. The number of benzene rings is 1. The maximum Gasteiger partial charge on any atom is 0.224 e. The second kappa shape index (κ2) is 8.74. The summed E-state index contributed by atoms with van der Waals surface area (Å²) in [6, 6.07) is 5.56. The molecule has 0 saturated heterocycles. The molecule has 0 radical (unpaired) electrons. The molecule has 0 spiro atoms. The number of hydrogen-bond acceptors (Lipinski definition) is 4. The zero-order valence-corrected chi connectivity index (χ0v) is 16.5. The van der Waals surface area contributed by atoms with Crippen molar-refractivity contribution < 1.29 is 14.3 Å². The first-order valence-electron chi connectivity index (χ1n) is 8.86. The van der Waals surface area contributed by atoms with Crippen molar-refractivity contribution in [2.75, 3.05) is 14.2 Å². The summed E-state index contributed by atoms with van der Waals surface area (Å²) in [6.45, 7) is 9.56. The molecule has 6 heteroatoms. The molecule has 142 valence electrons. The molecule has 2 aromatic rings. The van der Waals surface area contributed by atoms with Crippen LogP contribution in [0.4, 0.5) is 0 Å². The van der Waals surface area contributed by atoms with Crippen molar-refractivity contribution in [1.82, 2.24) is 15.1 Å². The van der Waals surface area contributed by atoms with Crippen LogP contribution in [0.2, 0.25) is 0 Å². The van der Waals surface area contributed by atoms with E-state index in [0.29, 0.717) is 24.6 Å². The predicted octanol–water partition coefficient (Wildman–Crippen LogP) is 3.03. The highest BCUT2D eigenvalue weighted by Crippen LogP contribution is 2.24. The first-order chi connectivity index (χ1) is 12.3. The molecule has 2 rings (SSSR count). The van der Waals surface area contributed by atoms with E-state index in [2.05, 4.69) is 24.3 Å². The molecule has 0 aliphatic heterocycles. The van der Waals surface area contributed by atoms with Crippen LogP contribution in [-0.2, 0) is 24.3 Å². The standard InChI is InChI=1S/C20H29N3O3/c1-13(2)12-23-15(4)18(14(3)22-23)10-20(24)21-11-16-7-8-17(25-5)9-19(16)26-6/h7-9,13H,10-12H2,1-6H3,(H,21,24). The zero-order valence-electron chi connectivity index (χ0n) is 16.5. The Labute approximate surface area is 155 Å². The smallest absolute Gasteiger partial charge is 0.224 e. The summed E-state index contributed by atoms with van der Waals surface area (Å²) >= 11 is 0. The van der Waals surface area contributed by atoms with Crippen LogP contribution in [-0.4, -0.2) is 29.9 Å². The van der Waals surface area contributed by atoms with Crippen LogP contribution in [0.1, 0.15) is 36.4 Å². The van der Waals surface area contributed by atoms with Gasteiger partial charge in [-0.25, -0.2) is 0 Å². The fraction of sp³-hybridized carbons (Fsp3) is 0.500. The molecule has 26 heavy (non-hydrogen) atoms. The molecule has 1 heterocycles. The number of ether oxygens (including phenoxy) is 2. The third-order valence-electron chi connectivity index (χ3n) is 4.38. The van der Waals surface area contributed by atoms with Gasteiger partial charge in [0.25, 0.3) is 0 Å². The van der Waals surface area contributed by atoms with Crippen LogP contribution in [0.5, 0.6) is 11.5 Å². The maximum absolute atomic E-state index is 12.4. The number of rotatable bonds is 8. The topological polar surface area (TPSA) is 65.4 Å². The van der Waals surface area contributed by atoms with Crippen molar-refractivity contribution in [3.8, 4) is 11.5 Å². The highest BCUT2D eigenvalue weighted by atomic mass is 16.5. The SMILES string of the molecule is COc1ccc(CNC(=O)Cc2c(C)nn(CC(C)C)c2C)c(OC)c1. The van der Waals surface area contributed by atoms with Gasteiger partial charge in [-0.1, -0.05) is 13.8 Å². The van der Waals surface area contributed by atoms with Gasteiger partial charge in [0.15, 0.2) is 0 Å². The fourth-order valence-electron chi connectivity index (χ4n) is 2.93. The number of amides is 1. The first kappa shape index (κ1) is 19.8. The Morgan fingerprint density at radius 1 is 1.23 bits per heavy atom. The number of hydrogen-bond donors (Lipinski definition) is 1. The second-order valence-corrected chi connectivity index (χ2v) is 6.86. The molecule has 6 nitrogen and oxygen atoms in total. The third kappa shape index (κ3) is 4.77. The molecule has 0 bridgehead atoms. The first-order valence-corrected chi connectivity index (χ1v) is 8.86. The maximum atomic E-state index is 12.4. The average Bonchev–Trinajstić information content (AvgIpc) is 2.86. The van der Waals surface area contributed by atoms with Crippen LogP contribution in [0, 0.1) is 19.8 Å². The molecule has 1 aromatic carbocycles. The van der Waals surface area contributed by atoms with Gasteiger partial charge >= 0.3 is 0 Å². The van der Waals surface area contributed by atoms with Gasteiger partial charge < -0.3 is 14.8 Å². The quantitative estimate of drug-likeness (QED) is 0.787. The fourth-order valence-corrected chi connectivity index (χ4v) is 2.93. The average molecular weight is 359 g/mol. The number of nitrogens with zero attached hydrogens (tertiary/aromatic N) is 2. The minimum absolute atomic E-state index is 0.0295. The highest BCUT2D eigenvalue weighted by molar-refractivity contribution is 5.79. The molecule has 0 saturated carbocycles. The summed E-state index contributed by atoms with van der Waals surface area (Å²) in [5.41, 5.74) is 3.89. The lowest BCUT2D eigenvalue weighted by molar-refractivity contribution is -0.120. The van der Waals surface area contributed by atoms with Crippen LogP contribution < -0.4 is 14.8 Å². The van der Waals surface area contributed by atoms with E-state index in [1.807, 2.05) is 36.7 Å². The van der Waals surface area contributed by atoms with Crippen molar-refractivity contribution in [3.05, 3.63) is 40.7 Å². The molecule has 1 amide bonds. The molecule has 0 aliphatic rings. The van der Waals surface area contributed by atoms with Crippen molar-refractivity contribution in [1.29, 1.82) is 0 Å². The predicted molar refractivity (Wildman–Crippen MR) is 102 cm³/mol. The van der Waals surface area contributed by atoms with Gasteiger partial charge in [-0.05, 0) is 31.9 Å². The highest BCUT2D eigenvalue weighted by Gasteiger charge is 2.16. The van der Waals surface area contributed by atoms with Crippen LogP contribution in [0.15, 0.2) is 18.2 Å². The Morgan fingerprint density at radius 2 is 1.96 bits per heavy atom. The monoisotopic (exact) mass is 359 g/mol. The van der Waals surface area contributed by atoms with E-state index in [4.69, 9.17) is 9.47 Å². The van der Waals surface area contributed by atoms with Gasteiger partial charge in [-0.2, -0.15) is 5.10 Å². The van der Waals surface area contributed by atoms with Gasteiger partial charge in [0.2, 0.25) is 5.91 Å². The normalized spacial score (nSPS) is 10.9. The van der Waals surface area contributed by atoms with E-state index in [1.54, 1.807) is 14.2 Å². The molecule has 1 aromatic heterocycles. The molecular formula is C20H29N3O3. The van der Waals surface area contributed by atoms with Crippen molar-refractivity contribution in [3.63, 3.8) is 0 Å². The van der Waals surface area contributed by atoms with E-state index in [-0.39, 0.29) is 5.91 Å². The number of carbonyl (C=O) groups excluding carboxylic acids is 1. The van der Waals surface area contributed by atoms with Crippen molar-refractivity contribution in [2.24, 2.45) is 5.92 Å². The molecule has 0 atom stereocenters. The lowest BCUT2D eigenvalue weighted by atomic mass is 10.1. The largest absolute Gasteiger partial charge is 0.497 e. The van der Waals surface area contributed by atoms with Crippen LogP contribution >= 0.6 is 0 Å². The Balaban J connectivity index is 2.03. The molecule has 0 unspecified atom stereocenters. The zero-order chi connectivity index (χ0) is 19.3. The molecular weight excluding hydrogens is 330 g/mol.